The van der Waals surface area contributed by atoms with E-state index < -0.39 is 17.7 Å². The summed E-state index contributed by atoms with van der Waals surface area (Å²) in [7, 11) is 6.89. The Labute approximate surface area is 251 Å². The monoisotopic (exact) mass is 578 g/mol. The van der Waals surface area contributed by atoms with Gasteiger partial charge in [0, 0.05) is 37.1 Å². The van der Waals surface area contributed by atoms with Gasteiger partial charge in [0.25, 0.3) is 11.7 Å². The zero-order valence-electron chi connectivity index (χ0n) is 24.8. The van der Waals surface area contributed by atoms with E-state index in [4.69, 9.17) is 14.2 Å². The number of aryl methyl sites for hydroxylation is 1. The van der Waals surface area contributed by atoms with Gasteiger partial charge in [0.15, 0.2) is 11.5 Å². The maximum atomic E-state index is 13.7. The molecule has 1 heterocycles. The zero-order chi connectivity index (χ0) is 30.7. The molecule has 1 aliphatic rings. The maximum Gasteiger partial charge on any atom is 0.300 e. The molecule has 4 aromatic rings. The van der Waals surface area contributed by atoms with Crippen LogP contribution < -0.4 is 24.0 Å². The van der Waals surface area contributed by atoms with Gasteiger partial charge in [0.1, 0.15) is 18.1 Å². The number of methoxy groups -OCH3 is 2. The Bertz CT molecular complexity index is 1680. The molecule has 0 saturated carbocycles. The standard InChI is InChI=1S/C35H34N2O6/c1-22-19-25(13-17-28(22)43-21-23-9-7-6-8-10-23)33(38)31-32(24-11-14-26(15-12-24)36(2)3)37(35(40)34(31)39)27-16-18-29(41-4)30(20-27)42-5/h6-20,32,38H,21H2,1-5H3/b33-31+. The second-order valence-corrected chi connectivity index (χ2v) is 10.4. The third-order valence-electron chi connectivity index (χ3n) is 7.50. The maximum absolute atomic E-state index is 13.7. The predicted octanol–water partition coefficient (Wildman–Crippen LogP) is 6.28. The van der Waals surface area contributed by atoms with Gasteiger partial charge in [-0.2, -0.15) is 0 Å². The van der Waals surface area contributed by atoms with Crippen LogP contribution in [0.25, 0.3) is 5.76 Å². The van der Waals surface area contributed by atoms with E-state index in [2.05, 4.69) is 0 Å². The molecule has 0 radical (unpaired) electrons. The van der Waals surface area contributed by atoms with Crippen molar-refractivity contribution in [2.45, 2.75) is 19.6 Å². The highest BCUT2D eigenvalue weighted by atomic mass is 16.5. The van der Waals surface area contributed by atoms with Crippen LogP contribution in [0.5, 0.6) is 17.2 Å². The van der Waals surface area contributed by atoms with Crippen LogP contribution in [-0.2, 0) is 16.2 Å². The second kappa shape index (κ2) is 12.3. The van der Waals surface area contributed by atoms with Crippen molar-refractivity contribution in [3.8, 4) is 17.2 Å². The van der Waals surface area contributed by atoms with Crippen LogP contribution in [0.3, 0.4) is 0 Å². The van der Waals surface area contributed by atoms with E-state index in [9.17, 15) is 14.7 Å². The molecule has 43 heavy (non-hydrogen) atoms. The number of aliphatic hydroxyl groups excluding tert-OH is 1. The summed E-state index contributed by atoms with van der Waals surface area (Å²) in [5, 5.41) is 11.6. The number of amides is 1. The molecule has 8 nitrogen and oxygen atoms in total. The first-order valence-corrected chi connectivity index (χ1v) is 13.8. The molecule has 8 heteroatoms. The number of carbonyl (C=O) groups excluding carboxylic acids is 2. The quantitative estimate of drug-likeness (QED) is 0.142. The van der Waals surface area contributed by atoms with E-state index in [1.165, 1.54) is 19.1 Å². The molecule has 1 aliphatic heterocycles. The minimum atomic E-state index is -0.886. The molecule has 1 atom stereocenters. The third kappa shape index (κ3) is 5.77. The molecule has 0 aromatic heterocycles. The first kappa shape index (κ1) is 29.3. The van der Waals surface area contributed by atoms with Crippen molar-refractivity contribution in [2.75, 3.05) is 38.1 Å². The van der Waals surface area contributed by atoms with Crippen molar-refractivity contribution in [1.82, 2.24) is 0 Å². The Hall–Kier alpha value is -5.24. The number of ketones is 1. The van der Waals surface area contributed by atoms with Crippen LogP contribution in [0.1, 0.15) is 28.3 Å². The van der Waals surface area contributed by atoms with E-state index in [-0.39, 0.29) is 11.3 Å². The fourth-order valence-corrected chi connectivity index (χ4v) is 5.19. The Morgan fingerprint density at radius 1 is 0.837 bits per heavy atom. The summed E-state index contributed by atoms with van der Waals surface area (Å²) in [6.45, 7) is 2.27. The van der Waals surface area contributed by atoms with Crippen LogP contribution in [0.15, 0.2) is 96.6 Å². The predicted molar refractivity (Wildman–Crippen MR) is 167 cm³/mol. The van der Waals surface area contributed by atoms with E-state index in [1.807, 2.05) is 80.5 Å². The summed E-state index contributed by atoms with van der Waals surface area (Å²) < 4.78 is 16.8. The van der Waals surface area contributed by atoms with Gasteiger partial charge in [-0.1, -0.05) is 42.5 Å². The molecule has 5 rings (SSSR count). The van der Waals surface area contributed by atoms with Crippen molar-refractivity contribution in [1.29, 1.82) is 0 Å². The summed E-state index contributed by atoms with van der Waals surface area (Å²) in [5.74, 6) is -0.251. The lowest BCUT2D eigenvalue weighted by Gasteiger charge is -2.26. The number of carbonyl (C=O) groups is 2. The number of hydrogen-bond donors (Lipinski definition) is 1. The molecular formula is C35H34N2O6. The van der Waals surface area contributed by atoms with Gasteiger partial charge in [-0.05, 0) is 66.1 Å². The van der Waals surface area contributed by atoms with Crippen molar-refractivity contribution in [3.05, 3.63) is 119 Å². The fourth-order valence-electron chi connectivity index (χ4n) is 5.19. The molecule has 0 spiro atoms. The average molecular weight is 579 g/mol. The Morgan fingerprint density at radius 3 is 2.14 bits per heavy atom. The number of anilines is 2. The van der Waals surface area contributed by atoms with Crippen molar-refractivity contribution < 1.29 is 28.9 Å². The number of hydrogen-bond acceptors (Lipinski definition) is 7. The fraction of sp³-hybridized carbons (Fsp3) is 0.200. The smallest absolute Gasteiger partial charge is 0.300 e. The second-order valence-electron chi connectivity index (χ2n) is 10.4. The molecule has 1 fully saturated rings. The summed E-state index contributed by atoms with van der Waals surface area (Å²) in [6, 6.07) is 26.7. The minimum Gasteiger partial charge on any atom is -0.507 e. The lowest BCUT2D eigenvalue weighted by Crippen LogP contribution is -2.29. The van der Waals surface area contributed by atoms with Crippen LogP contribution in [0.2, 0.25) is 0 Å². The average Bonchev–Trinajstić information content (AvgIpc) is 3.29. The first-order chi connectivity index (χ1) is 20.7. The molecule has 0 aliphatic carbocycles. The van der Waals surface area contributed by atoms with Crippen molar-refractivity contribution >= 4 is 28.8 Å². The van der Waals surface area contributed by atoms with E-state index in [0.29, 0.717) is 40.7 Å². The van der Waals surface area contributed by atoms with Crippen LogP contribution in [0, 0.1) is 6.92 Å². The Morgan fingerprint density at radius 2 is 1.51 bits per heavy atom. The number of nitrogens with zero attached hydrogens (tertiary/aromatic N) is 2. The molecule has 1 saturated heterocycles. The Balaban J connectivity index is 1.58. The molecule has 0 bridgehead atoms. The van der Waals surface area contributed by atoms with Crippen LogP contribution in [0.4, 0.5) is 11.4 Å². The number of ether oxygens (including phenoxy) is 3. The Kier molecular flexibility index (Phi) is 8.39. The topological polar surface area (TPSA) is 88.5 Å². The van der Waals surface area contributed by atoms with Crippen molar-refractivity contribution in [2.24, 2.45) is 0 Å². The lowest BCUT2D eigenvalue weighted by molar-refractivity contribution is -0.132. The zero-order valence-corrected chi connectivity index (χ0v) is 24.8. The number of rotatable bonds is 9. The molecule has 4 aromatic carbocycles. The number of aliphatic hydroxyl groups is 1. The summed E-state index contributed by atoms with van der Waals surface area (Å²) in [4.78, 5) is 30.6. The SMILES string of the molecule is COc1ccc(N2C(=O)C(=O)/C(=C(/O)c3ccc(OCc4ccccc4)c(C)c3)C2c2ccc(N(C)C)cc2)cc1OC. The lowest BCUT2D eigenvalue weighted by atomic mass is 9.94. The third-order valence-corrected chi connectivity index (χ3v) is 7.50. The molecule has 220 valence electrons. The highest BCUT2D eigenvalue weighted by molar-refractivity contribution is 6.51. The molecular weight excluding hydrogens is 544 g/mol. The summed E-state index contributed by atoms with van der Waals surface area (Å²) in [6.07, 6.45) is 0. The minimum absolute atomic E-state index is 0.00487. The van der Waals surface area contributed by atoms with Crippen LogP contribution >= 0.6 is 0 Å². The van der Waals surface area contributed by atoms with Gasteiger partial charge >= 0.3 is 0 Å². The molecule has 1 amide bonds. The van der Waals surface area contributed by atoms with E-state index in [0.717, 1.165) is 16.8 Å². The van der Waals surface area contributed by atoms with Gasteiger partial charge < -0.3 is 24.2 Å². The van der Waals surface area contributed by atoms with Gasteiger partial charge in [0.05, 0.1) is 25.8 Å². The normalized spacial score (nSPS) is 15.8. The summed E-state index contributed by atoms with van der Waals surface area (Å²) in [5.41, 5.74) is 4.26. The highest BCUT2D eigenvalue weighted by Gasteiger charge is 2.47. The van der Waals surface area contributed by atoms with E-state index >= 15 is 0 Å². The van der Waals surface area contributed by atoms with Gasteiger partial charge in [-0.25, -0.2) is 0 Å². The molecule has 1 N–H and O–H groups in total. The number of benzene rings is 4. The summed E-state index contributed by atoms with van der Waals surface area (Å²) >= 11 is 0. The largest absolute Gasteiger partial charge is 0.507 e. The van der Waals surface area contributed by atoms with Gasteiger partial charge in [-0.3, -0.25) is 14.5 Å². The van der Waals surface area contributed by atoms with Gasteiger partial charge in [-0.15, -0.1) is 0 Å². The van der Waals surface area contributed by atoms with Gasteiger partial charge in [0.2, 0.25) is 0 Å². The first-order valence-electron chi connectivity index (χ1n) is 13.8. The molecule has 1 unspecified atom stereocenters. The van der Waals surface area contributed by atoms with Crippen molar-refractivity contribution in [3.63, 3.8) is 0 Å². The number of Topliss-reactive ketones (excluding diaryl/α,β-unsaturated/α-hetero) is 1. The highest BCUT2D eigenvalue weighted by Crippen LogP contribution is 2.44. The van der Waals surface area contributed by atoms with Crippen LogP contribution in [-0.4, -0.2) is 45.1 Å². The van der Waals surface area contributed by atoms with E-state index in [1.54, 1.807) is 36.4 Å².